The minimum Gasteiger partial charge on any atom is -0.394 e. The van der Waals surface area contributed by atoms with Crippen molar-refractivity contribution in [3.8, 4) is 0 Å². The summed E-state index contributed by atoms with van der Waals surface area (Å²) in [6, 6.07) is 2.61. The molecule has 13 heavy (non-hydrogen) atoms. The van der Waals surface area contributed by atoms with Crippen molar-refractivity contribution in [2.75, 3.05) is 13.7 Å². The number of likely N-dealkylation sites (N-methyl/N-ethyl adjacent to an activating group) is 1. The first kappa shape index (κ1) is 10.1. The molecule has 0 bridgehead atoms. The van der Waals surface area contributed by atoms with E-state index < -0.39 is 17.7 Å². The third-order valence-electron chi connectivity index (χ3n) is 1.86. The van der Waals surface area contributed by atoms with Crippen LogP contribution in [0.1, 0.15) is 11.6 Å². The number of aliphatic hydroxyl groups excluding tert-OH is 1. The molecule has 72 valence electrons. The predicted octanol–water partition coefficient (Wildman–Crippen LogP) is 1.22. The van der Waals surface area contributed by atoms with Crippen LogP contribution < -0.4 is 5.32 Å². The summed E-state index contributed by atoms with van der Waals surface area (Å²) in [5.41, 5.74) is 0.144. The van der Waals surface area contributed by atoms with Crippen LogP contribution in [0.15, 0.2) is 18.2 Å². The number of nitrogens with one attached hydrogen (secondary N) is 1. The zero-order chi connectivity index (χ0) is 9.84. The Kier molecular flexibility index (Phi) is 3.33. The molecule has 0 aliphatic rings. The predicted molar refractivity (Wildman–Crippen MR) is 45.2 cm³/mol. The van der Waals surface area contributed by atoms with E-state index in [0.29, 0.717) is 0 Å². The highest BCUT2D eigenvalue weighted by molar-refractivity contribution is 5.22. The summed E-state index contributed by atoms with van der Waals surface area (Å²) in [6.45, 7) is -0.267. The molecule has 2 nitrogen and oxygen atoms in total. The van der Waals surface area contributed by atoms with Crippen molar-refractivity contribution in [3.05, 3.63) is 35.4 Å². The largest absolute Gasteiger partial charge is 0.394 e. The molecule has 1 aromatic rings. The smallest absolute Gasteiger partial charge is 0.128 e. The lowest BCUT2D eigenvalue weighted by Crippen LogP contribution is -2.21. The average Bonchev–Trinajstić information content (AvgIpc) is 2.13. The van der Waals surface area contributed by atoms with E-state index in [9.17, 15) is 8.78 Å². The van der Waals surface area contributed by atoms with Gasteiger partial charge in [0, 0.05) is 5.56 Å². The van der Waals surface area contributed by atoms with Gasteiger partial charge in [0.1, 0.15) is 11.6 Å². The first-order valence-corrected chi connectivity index (χ1v) is 3.92. The van der Waals surface area contributed by atoms with Crippen molar-refractivity contribution >= 4 is 0 Å². The molecule has 2 N–H and O–H groups in total. The minimum absolute atomic E-state index is 0.144. The van der Waals surface area contributed by atoms with Gasteiger partial charge in [-0.3, -0.25) is 0 Å². The van der Waals surface area contributed by atoms with Crippen molar-refractivity contribution in [3.63, 3.8) is 0 Å². The van der Waals surface area contributed by atoms with Gasteiger partial charge in [0.2, 0.25) is 0 Å². The van der Waals surface area contributed by atoms with Gasteiger partial charge < -0.3 is 10.4 Å². The molecule has 0 amide bonds. The Morgan fingerprint density at radius 1 is 1.46 bits per heavy atom. The molecule has 1 unspecified atom stereocenters. The standard InChI is InChI=1S/C9H11F2NO/c1-12-9(5-13)7-4-6(10)2-3-8(7)11/h2-4,9,12-13H,5H2,1H3. The van der Waals surface area contributed by atoms with Crippen molar-refractivity contribution < 1.29 is 13.9 Å². The second-order valence-corrected chi connectivity index (χ2v) is 2.69. The molecule has 0 spiro atoms. The van der Waals surface area contributed by atoms with E-state index in [0.717, 1.165) is 18.2 Å². The minimum atomic E-state index is -0.560. The lowest BCUT2D eigenvalue weighted by atomic mass is 10.1. The lowest BCUT2D eigenvalue weighted by Gasteiger charge is -2.13. The first-order chi connectivity index (χ1) is 6.19. The number of aliphatic hydroxyl groups is 1. The fourth-order valence-electron chi connectivity index (χ4n) is 1.13. The Bertz CT molecular complexity index is 287. The lowest BCUT2D eigenvalue weighted by molar-refractivity contribution is 0.247. The Morgan fingerprint density at radius 2 is 2.15 bits per heavy atom. The van der Waals surface area contributed by atoms with E-state index in [4.69, 9.17) is 5.11 Å². The number of halogens is 2. The molecule has 0 saturated heterocycles. The van der Waals surface area contributed by atoms with E-state index in [-0.39, 0.29) is 12.2 Å². The Balaban J connectivity index is 3.03. The zero-order valence-corrected chi connectivity index (χ0v) is 7.22. The molecular formula is C9H11F2NO. The number of hydrogen-bond acceptors (Lipinski definition) is 2. The molecule has 1 rings (SSSR count). The maximum Gasteiger partial charge on any atom is 0.128 e. The van der Waals surface area contributed by atoms with Crippen molar-refractivity contribution in [2.24, 2.45) is 0 Å². The van der Waals surface area contributed by atoms with Crippen LogP contribution in [0.3, 0.4) is 0 Å². The molecule has 1 aromatic carbocycles. The summed E-state index contributed by atoms with van der Waals surface area (Å²) in [6.07, 6.45) is 0. The van der Waals surface area contributed by atoms with Crippen LogP contribution in [0.25, 0.3) is 0 Å². The average molecular weight is 187 g/mol. The van der Waals surface area contributed by atoms with Gasteiger partial charge in [0.15, 0.2) is 0 Å². The van der Waals surface area contributed by atoms with Crippen LogP contribution in [0.2, 0.25) is 0 Å². The highest BCUT2D eigenvalue weighted by atomic mass is 19.1. The molecular weight excluding hydrogens is 176 g/mol. The third-order valence-corrected chi connectivity index (χ3v) is 1.86. The quantitative estimate of drug-likeness (QED) is 0.745. The molecule has 0 aliphatic heterocycles. The molecule has 0 fully saturated rings. The summed E-state index contributed by atoms with van der Waals surface area (Å²) in [5.74, 6) is -1.03. The molecule has 0 aliphatic carbocycles. The van der Waals surface area contributed by atoms with Crippen LogP contribution in [-0.4, -0.2) is 18.8 Å². The maximum absolute atomic E-state index is 13.1. The van der Waals surface area contributed by atoms with Gasteiger partial charge in [-0.1, -0.05) is 0 Å². The van der Waals surface area contributed by atoms with Gasteiger partial charge in [0.05, 0.1) is 12.6 Å². The topological polar surface area (TPSA) is 32.3 Å². The van der Waals surface area contributed by atoms with Crippen LogP contribution >= 0.6 is 0 Å². The third kappa shape index (κ3) is 2.23. The summed E-state index contributed by atoms with van der Waals surface area (Å²) in [4.78, 5) is 0. The normalized spacial score (nSPS) is 12.9. The van der Waals surface area contributed by atoms with Crippen LogP contribution in [-0.2, 0) is 0 Å². The van der Waals surface area contributed by atoms with Crippen molar-refractivity contribution in [2.45, 2.75) is 6.04 Å². The van der Waals surface area contributed by atoms with Crippen LogP contribution in [0.4, 0.5) is 8.78 Å². The molecule has 0 radical (unpaired) electrons. The van der Waals surface area contributed by atoms with Gasteiger partial charge in [-0.15, -0.1) is 0 Å². The number of hydrogen-bond donors (Lipinski definition) is 2. The highest BCUT2D eigenvalue weighted by Crippen LogP contribution is 2.17. The summed E-state index contributed by atoms with van der Waals surface area (Å²) >= 11 is 0. The van der Waals surface area contributed by atoms with Gasteiger partial charge in [-0.2, -0.15) is 0 Å². The first-order valence-electron chi connectivity index (χ1n) is 3.92. The fourth-order valence-corrected chi connectivity index (χ4v) is 1.13. The maximum atomic E-state index is 13.1. The highest BCUT2D eigenvalue weighted by Gasteiger charge is 2.13. The summed E-state index contributed by atoms with van der Waals surface area (Å²) in [7, 11) is 1.57. The molecule has 4 heteroatoms. The summed E-state index contributed by atoms with van der Waals surface area (Å²) < 4.78 is 25.8. The van der Waals surface area contributed by atoms with Crippen molar-refractivity contribution in [1.82, 2.24) is 5.32 Å². The van der Waals surface area contributed by atoms with Crippen LogP contribution in [0, 0.1) is 11.6 Å². The molecule has 1 atom stereocenters. The summed E-state index contributed by atoms with van der Waals surface area (Å²) in [5, 5.41) is 11.5. The van der Waals surface area contributed by atoms with E-state index in [1.54, 1.807) is 7.05 Å². The van der Waals surface area contributed by atoms with E-state index in [1.807, 2.05) is 0 Å². The second kappa shape index (κ2) is 4.30. The number of benzene rings is 1. The van der Waals surface area contributed by atoms with Gasteiger partial charge in [0.25, 0.3) is 0 Å². The monoisotopic (exact) mass is 187 g/mol. The van der Waals surface area contributed by atoms with E-state index in [2.05, 4.69) is 5.32 Å². The molecule has 0 saturated carbocycles. The Hall–Kier alpha value is -1.00. The molecule has 0 heterocycles. The number of rotatable bonds is 3. The zero-order valence-electron chi connectivity index (χ0n) is 7.22. The Morgan fingerprint density at radius 3 is 2.69 bits per heavy atom. The Labute approximate surface area is 75.2 Å². The molecule has 0 aromatic heterocycles. The fraction of sp³-hybridized carbons (Fsp3) is 0.333. The van der Waals surface area contributed by atoms with Gasteiger partial charge >= 0.3 is 0 Å². The van der Waals surface area contributed by atoms with E-state index >= 15 is 0 Å². The van der Waals surface area contributed by atoms with E-state index in [1.165, 1.54) is 0 Å². The van der Waals surface area contributed by atoms with Crippen molar-refractivity contribution in [1.29, 1.82) is 0 Å². The van der Waals surface area contributed by atoms with Gasteiger partial charge in [-0.05, 0) is 25.2 Å². The SMILES string of the molecule is CNC(CO)c1cc(F)ccc1F. The van der Waals surface area contributed by atoms with Gasteiger partial charge in [-0.25, -0.2) is 8.78 Å². The van der Waals surface area contributed by atoms with Crippen LogP contribution in [0.5, 0.6) is 0 Å². The second-order valence-electron chi connectivity index (χ2n) is 2.69.